The van der Waals surface area contributed by atoms with Crippen LogP contribution in [0, 0.1) is 0 Å². The molecular formula is C11H21N5O. The van der Waals surface area contributed by atoms with Gasteiger partial charge in [0.2, 0.25) is 5.91 Å². The molecule has 0 saturated carbocycles. The number of hydrogen-bond acceptors (Lipinski definition) is 4. The maximum Gasteiger partial charge on any atom is 0.220 e. The maximum atomic E-state index is 11.5. The summed E-state index contributed by atoms with van der Waals surface area (Å²) in [5.74, 6) is 0.835. The van der Waals surface area contributed by atoms with Crippen LogP contribution in [0.1, 0.15) is 37.9 Å². The van der Waals surface area contributed by atoms with Crippen LogP contribution in [0.5, 0.6) is 0 Å². The van der Waals surface area contributed by atoms with Crippen molar-refractivity contribution in [3.05, 3.63) is 12.2 Å². The van der Waals surface area contributed by atoms with E-state index in [0.29, 0.717) is 13.0 Å². The minimum absolute atomic E-state index is 0.0701. The first-order valence-electron chi connectivity index (χ1n) is 6.03. The number of nitrogens with zero attached hydrogens (tertiary/aromatic N) is 3. The largest absolute Gasteiger partial charge is 0.349 e. The second-order valence-electron chi connectivity index (χ2n) is 4.09. The summed E-state index contributed by atoms with van der Waals surface area (Å²) in [7, 11) is 1.86. The Balaban J connectivity index is 2.07. The van der Waals surface area contributed by atoms with Gasteiger partial charge in [0.05, 0.1) is 6.54 Å². The normalized spacial score (nSPS) is 10.5. The first-order valence-corrected chi connectivity index (χ1v) is 6.03. The van der Waals surface area contributed by atoms with Crippen LogP contribution in [0.2, 0.25) is 0 Å². The lowest BCUT2D eigenvalue weighted by atomic mass is 10.1. The van der Waals surface area contributed by atoms with Crippen molar-refractivity contribution in [1.82, 2.24) is 20.1 Å². The molecule has 0 aromatic carbocycles. The van der Waals surface area contributed by atoms with E-state index in [2.05, 4.69) is 15.5 Å². The average molecular weight is 239 g/mol. The van der Waals surface area contributed by atoms with Crippen molar-refractivity contribution in [1.29, 1.82) is 0 Å². The third-order valence-corrected chi connectivity index (χ3v) is 2.61. The highest BCUT2D eigenvalue weighted by molar-refractivity contribution is 5.75. The molecule has 1 aromatic heterocycles. The summed E-state index contributed by atoms with van der Waals surface area (Å²) in [6.45, 7) is 1.18. The lowest BCUT2D eigenvalue weighted by molar-refractivity contribution is -0.121. The molecular weight excluding hydrogens is 218 g/mol. The Morgan fingerprint density at radius 2 is 2.18 bits per heavy atom. The Labute approximate surface area is 102 Å². The van der Waals surface area contributed by atoms with Gasteiger partial charge in [-0.05, 0) is 19.4 Å². The van der Waals surface area contributed by atoms with E-state index in [4.69, 9.17) is 5.73 Å². The van der Waals surface area contributed by atoms with Crippen molar-refractivity contribution in [2.75, 3.05) is 6.54 Å². The monoisotopic (exact) mass is 239 g/mol. The van der Waals surface area contributed by atoms with Gasteiger partial charge in [0.15, 0.2) is 5.82 Å². The van der Waals surface area contributed by atoms with Gasteiger partial charge in [-0.3, -0.25) is 4.79 Å². The van der Waals surface area contributed by atoms with Gasteiger partial charge in [-0.1, -0.05) is 12.8 Å². The van der Waals surface area contributed by atoms with Gasteiger partial charge < -0.3 is 15.6 Å². The molecule has 0 radical (unpaired) electrons. The number of unbranched alkanes of at least 4 members (excludes halogenated alkanes) is 3. The maximum absolute atomic E-state index is 11.5. The van der Waals surface area contributed by atoms with E-state index in [-0.39, 0.29) is 5.91 Å². The first kappa shape index (κ1) is 13.6. The van der Waals surface area contributed by atoms with Crippen molar-refractivity contribution in [2.24, 2.45) is 12.8 Å². The average Bonchev–Trinajstić information content (AvgIpc) is 2.72. The van der Waals surface area contributed by atoms with Gasteiger partial charge in [-0.2, -0.15) is 0 Å². The second kappa shape index (κ2) is 7.78. The number of nitrogens with two attached hydrogens (primary N) is 1. The highest BCUT2D eigenvalue weighted by Crippen LogP contribution is 2.02. The van der Waals surface area contributed by atoms with Crippen LogP contribution in [-0.4, -0.2) is 27.2 Å². The number of aryl methyl sites for hydroxylation is 1. The van der Waals surface area contributed by atoms with E-state index in [1.54, 1.807) is 10.9 Å². The van der Waals surface area contributed by atoms with Crippen LogP contribution in [-0.2, 0) is 18.4 Å². The molecule has 0 aliphatic carbocycles. The van der Waals surface area contributed by atoms with E-state index in [1.165, 1.54) is 0 Å². The van der Waals surface area contributed by atoms with Gasteiger partial charge in [0, 0.05) is 13.5 Å². The molecule has 1 rings (SSSR count). The number of nitrogens with one attached hydrogen (secondary N) is 1. The fourth-order valence-corrected chi connectivity index (χ4v) is 1.52. The van der Waals surface area contributed by atoms with E-state index >= 15 is 0 Å². The number of carbonyl (C=O) groups excluding carboxylic acids is 1. The standard InChI is InChI=1S/C11H21N5O/c1-16-9-14-15-10(16)8-13-11(17)6-4-2-3-5-7-12/h9H,2-8,12H2,1H3,(H,13,17). The molecule has 0 bridgehead atoms. The fourth-order valence-electron chi connectivity index (χ4n) is 1.52. The van der Waals surface area contributed by atoms with Crippen LogP contribution in [0.15, 0.2) is 6.33 Å². The van der Waals surface area contributed by atoms with Gasteiger partial charge >= 0.3 is 0 Å². The third kappa shape index (κ3) is 5.44. The molecule has 6 nitrogen and oxygen atoms in total. The summed E-state index contributed by atoms with van der Waals surface area (Å²) in [4.78, 5) is 11.5. The lowest BCUT2D eigenvalue weighted by Crippen LogP contribution is -2.24. The van der Waals surface area contributed by atoms with Crippen LogP contribution in [0.4, 0.5) is 0 Å². The molecule has 3 N–H and O–H groups in total. The van der Waals surface area contributed by atoms with Crippen molar-refractivity contribution < 1.29 is 4.79 Å². The third-order valence-electron chi connectivity index (χ3n) is 2.61. The van der Waals surface area contributed by atoms with Crippen molar-refractivity contribution in [2.45, 2.75) is 38.6 Å². The summed E-state index contributed by atoms with van der Waals surface area (Å²) in [5, 5.41) is 10.5. The number of rotatable bonds is 8. The van der Waals surface area contributed by atoms with Gasteiger partial charge in [0.25, 0.3) is 0 Å². The molecule has 0 aliphatic heterocycles. The Kier molecular flexibility index (Phi) is 6.24. The number of hydrogen-bond donors (Lipinski definition) is 2. The zero-order valence-electron chi connectivity index (χ0n) is 10.4. The summed E-state index contributed by atoms with van der Waals surface area (Å²) in [6, 6.07) is 0. The van der Waals surface area contributed by atoms with E-state index < -0.39 is 0 Å². The molecule has 6 heteroatoms. The molecule has 1 heterocycles. The fraction of sp³-hybridized carbons (Fsp3) is 0.727. The molecule has 1 amide bonds. The van der Waals surface area contributed by atoms with Crippen LogP contribution in [0.3, 0.4) is 0 Å². The summed E-state index contributed by atoms with van der Waals surface area (Å²) in [6.07, 6.45) is 6.32. The van der Waals surface area contributed by atoms with Crippen LogP contribution >= 0.6 is 0 Å². The molecule has 0 atom stereocenters. The predicted molar refractivity (Wildman–Crippen MR) is 65.0 cm³/mol. The summed E-state index contributed by atoms with van der Waals surface area (Å²) >= 11 is 0. The molecule has 0 saturated heterocycles. The first-order chi connectivity index (χ1) is 8.24. The molecule has 0 unspecified atom stereocenters. The molecule has 1 aromatic rings. The number of amides is 1. The quantitative estimate of drug-likeness (QED) is 0.641. The number of carbonyl (C=O) groups is 1. The summed E-state index contributed by atoms with van der Waals surface area (Å²) in [5.41, 5.74) is 5.39. The molecule has 96 valence electrons. The Morgan fingerprint density at radius 1 is 1.41 bits per heavy atom. The SMILES string of the molecule is Cn1cnnc1CNC(=O)CCCCCCN. The van der Waals surface area contributed by atoms with Gasteiger partial charge in [-0.25, -0.2) is 0 Å². The lowest BCUT2D eigenvalue weighted by Gasteiger charge is -2.04. The molecule has 0 fully saturated rings. The van der Waals surface area contributed by atoms with Gasteiger partial charge in [0.1, 0.15) is 6.33 Å². The van der Waals surface area contributed by atoms with Crippen LogP contribution < -0.4 is 11.1 Å². The van der Waals surface area contributed by atoms with E-state index in [0.717, 1.165) is 38.1 Å². The highest BCUT2D eigenvalue weighted by Gasteiger charge is 2.04. The van der Waals surface area contributed by atoms with Crippen molar-refractivity contribution in [3.63, 3.8) is 0 Å². The van der Waals surface area contributed by atoms with E-state index in [9.17, 15) is 4.79 Å². The zero-order valence-corrected chi connectivity index (χ0v) is 10.4. The topological polar surface area (TPSA) is 85.8 Å². The van der Waals surface area contributed by atoms with Crippen molar-refractivity contribution >= 4 is 5.91 Å². The Morgan fingerprint density at radius 3 is 2.82 bits per heavy atom. The Hall–Kier alpha value is -1.43. The summed E-state index contributed by atoms with van der Waals surface area (Å²) < 4.78 is 1.79. The highest BCUT2D eigenvalue weighted by atomic mass is 16.1. The van der Waals surface area contributed by atoms with Crippen molar-refractivity contribution in [3.8, 4) is 0 Å². The molecule has 17 heavy (non-hydrogen) atoms. The number of aromatic nitrogens is 3. The predicted octanol–water partition coefficient (Wildman–Crippen LogP) is 0.341. The second-order valence-corrected chi connectivity index (χ2v) is 4.09. The minimum Gasteiger partial charge on any atom is -0.349 e. The Bertz CT molecular complexity index is 336. The van der Waals surface area contributed by atoms with Gasteiger partial charge in [-0.15, -0.1) is 10.2 Å². The zero-order chi connectivity index (χ0) is 12.5. The minimum atomic E-state index is 0.0701. The van der Waals surface area contributed by atoms with Crippen LogP contribution in [0.25, 0.3) is 0 Å². The molecule has 0 spiro atoms. The molecule has 0 aliphatic rings. The smallest absolute Gasteiger partial charge is 0.220 e. The van der Waals surface area contributed by atoms with E-state index in [1.807, 2.05) is 7.05 Å².